The van der Waals surface area contributed by atoms with E-state index in [1.807, 2.05) is 0 Å². The van der Waals surface area contributed by atoms with Crippen molar-refractivity contribution in [2.45, 2.75) is 56.1 Å². The lowest BCUT2D eigenvalue weighted by Crippen LogP contribution is -2.48. The molecule has 1 saturated heterocycles. The number of nitrogens with one attached hydrogen (secondary N) is 2. The van der Waals surface area contributed by atoms with Gasteiger partial charge >= 0.3 is 0 Å². The zero-order valence-corrected chi connectivity index (χ0v) is 15.1. The van der Waals surface area contributed by atoms with Crippen LogP contribution in [-0.2, 0) is 0 Å². The van der Waals surface area contributed by atoms with Gasteiger partial charge in [-0.05, 0) is 62.4 Å². The number of aromatic nitrogens is 2. The van der Waals surface area contributed by atoms with Crippen LogP contribution >= 0.6 is 0 Å². The molecule has 2 fully saturated rings. The number of aliphatic hydroxyl groups is 1. The number of fused-ring (bicyclic) bond motifs is 1. The molecule has 0 atom stereocenters. The first-order chi connectivity index (χ1) is 13.4. The van der Waals surface area contributed by atoms with Gasteiger partial charge in [0.1, 0.15) is 5.60 Å². The number of alkyl halides is 4. The van der Waals surface area contributed by atoms with E-state index in [0.29, 0.717) is 22.4 Å². The molecule has 3 N–H and O–H groups in total. The number of halogens is 4. The topological polar surface area (TPSA) is 70.1 Å². The zero-order chi connectivity index (χ0) is 19.9. The fourth-order valence-electron chi connectivity index (χ4n) is 4.04. The smallest absolute Gasteiger partial charge is 0.266 e. The fraction of sp³-hybridized carbons (Fsp3) is 0.579. The summed E-state index contributed by atoms with van der Waals surface area (Å²) in [4.78, 5) is 8.75. The summed E-state index contributed by atoms with van der Waals surface area (Å²) < 4.78 is 52.6. The first-order valence-electron chi connectivity index (χ1n) is 9.42. The molecular formula is C19H22F4N4O. The molecule has 1 aromatic heterocycles. The molecule has 0 spiro atoms. The van der Waals surface area contributed by atoms with Gasteiger partial charge in [-0.1, -0.05) is 0 Å². The third-order valence-corrected chi connectivity index (χ3v) is 5.70. The van der Waals surface area contributed by atoms with E-state index in [1.165, 1.54) is 18.3 Å². The minimum absolute atomic E-state index is 0.173. The molecule has 1 aliphatic heterocycles. The number of rotatable bonds is 5. The Labute approximate surface area is 159 Å². The van der Waals surface area contributed by atoms with Crippen molar-refractivity contribution < 1.29 is 22.7 Å². The van der Waals surface area contributed by atoms with Crippen LogP contribution in [0.4, 0.5) is 23.5 Å². The first-order valence-corrected chi connectivity index (χ1v) is 9.42. The first kappa shape index (κ1) is 19.3. The SMILES string of the molecule is OC1(C(F)F)CC(c2cc(C(F)F)cc3cnc(NC4CCNCC4)nc23)C1. The van der Waals surface area contributed by atoms with Crippen LogP contribution in [0.15, 0.2) is 18.3 Å². The van der Waals surface area contributed by atoms with Gasteiger partial charge in [-0.2, -0.15) is 0 Å². The van der Waals surface area contributed by atoms with Crippen molar-refractivity contribution in [1.82, 2.24) is 15.3 Å². The second-order valence-electron chi connectivity index (χ2n) is 7.72. The van der Waals surface area contributed by atoms with Gasteiger partial charge in [-0.25, -0.2) is 27.5 Å². The van der Waals surface area contributed by atoms with E-state index < -0.39 is 24.4 Å². The van der Waals surface area contributed by atoms with Gasteiger partial charge in [0.2, 0.25) is 5.95 Å². The number of piperidine rings is 1. The third kappa shape index (κ3) is 3.65. The second-order valence-corrected chi connectivity index (χ2v) is 7.72. The maximum absolute atomic E-state index is 13.3. The Morgan fingerprint density at radius 2 is 1.86 bits per heavy atom. The standard InChI is InChI=1S/C19H22F4N4O/c20-16(21)10-5-11-9-25-18(26-13-1-3-24-4-2-13)27-15(11)14(6-10)12-7-19(28,8-12)17(22)23/h5-6,9,12-13,16-17,24,28H,1-4,7-8H2,(H,25,26,27). The van der Waals surface area contributed by atoms with Crippen molar-refractivity contribution in [2.75, 3.05) is 18.4 Å². The molecule has 0 bridgehead atoms. The molecular weight excluding hydrogens is 376 g/mol. The molecule has 0 amide bonds. The van der Waals surface area contributed by atoms with E-state index in [1.54, 1.807) is 0 Å². The highest BCUT2D eigenvalue weighted by atomic mass is 19.3. The van der Waals surface area contributed by atoms with Gasteiger partial charge in [0.15, 0.2) is 0 Å². The van der Waals surface area contributed by atoms with Crippen LogP contribution in [0.25, 0.3) is 10.9 Å². The summed E-state index contributed by atoms with van der Waals surface area (Å²) in [6.45, 7) is 1.78. The van der Waals surface area contributed by atoms with E-state index in [-0.39, 0.29) is 24.4 Å². The van der Waals surface area contributed by atoms with Crippen LogP contribution in [0.1, 0.15) is 49.2 Å². The molecule has 0 unspecified atom stereocenters. The summed E-state index contributed by atoms with van der Waals surface area (Å²) in [6.07, 6.45) is -2.57. The number of hydrogen-bond donors (Lipinski definition) is 3. The maximum Gasteiger partial charge on any atom is 0.266 e. The van der Waals surface area contributed by atoms with Crippen LogP contribution in [0.3, 0.4) is 0 Å². The molecule has 9 heteroatoms. The third-order valence-electron chi connectivity index (χ3n) is 5.70. The quantitative estimate of drug-likeness (QED) is 0.672. The van der Waals surface area contributed by atoms with Gasteiger partial charge in [0, 0.05) is 23.2 Å². The molecule has 1 saturated carbocycles. The lowest BCUT2D eigenvalue weighted by Gasteiger charge is -2.43. The van der Waals surface area contributed by atoms with Crippen molar-refractivity contribution >= 4 is 16.9 Å². The summed E-state index contributed by atoms with van der Waals surface area (Å²) in [7, 11) is 0. The van der Waals surface area contributed by atoms with Gasteiger partial charge in [-0.15, -0.1) is 0 Å². The van der Waals surface area contributed by atoms with Crippen molar-refractivity contribution in [2.24, 2.45) is 0 Å². The van der Waals surface area contributed by atoms with Gasteiger partial charge in [0.25, 0.3) is 12.9 Å². The van der Waals surface area contributed by atoms with Gasteiger partial charge in [0.05, 0.1) is 5.52 Å². The number of hydrogen-bond acceptors (Lipinski definition) is 5. The Kier molecular flexibility index (Phi) is 5.13. The van der Waals surface area contributed by atoms with E-state index in [4.69, 9.17) is 0 Å². The predicted octanol–water partition coefficient (Wildman–Crippen LogP) is 3.60. The van der Waals surface area contributed by atoms with Gasteiger partial charge < -0.3 is 15.7 Å². The molecule has 2 aliphatic rings. The highest BCUT2D eigenvalue weighted by molar-refractivity contribution is 5.83. The number of anilines is 1. The van der Waals surface area contributed by atoms with E-state index in [9.17, 15) is 22.7 Å². The highest BCUT2D eigenvalue weighted by Gasteiger charge is 2.50. The van der Waals surface area contributed by atoms with E-state index in [2.05, 4.69) is 20.6 Å². The Balaban J connectivity index is 1.67. The monoisotopic (exact) mass is 398 g/mol. The molecule has 1 aliphatic carbocycles. The molecule has 152 valence electrons. The predicted molar refractivity (Wildman–Crippen MR) is 96.9 cm³/mol. The minimum Gasteiger partial charge on any atom is -0.384 e. The van der Waals surface area contributed by atoms with Crippen molar-refractivity contribution in [3.63, 3.8) is 0 Å². The van der Waals surface area contributed by atoms with Crippen LogP contribution in [0, 0.1) is 0 Å². The Morgan fingerprint density at radius 3 is 2.50 bits per heavy atom. The van der Waals surface area contributed by atoms with Crippen LogP contribution < -0.4 is 10.6 Å². The van der Waals surface area contributed by atoms with Crippen molar-refractivity contribution in [3.05, 3.63) is 29.5 Å². The molecule has 28 heavy (non-hydrogen) atoms. The molecule has 2 heterocycles. The molecule has 2 aromatic rings. The lowest BCUT2D eigenvalue weighted by atomic mass is 9.67. The molecule has 5 nitrogen and oxygen atoms in total. The Morgan fingerprint density at radius 1 is 1.14 bits per heavy atom. The fourth-order valence-corrected chi connectivity index (χ4v) is 4.04. The average molecular weight is 398 g/mol. The van der Waals surface area contributed by atoms with E-state index in [0.717, 1.165) is 25.9 Å². The van der Waals surface area contributed by atoms with Crippen LogP contribution in [0.2, 0.25) is 0 Å². The Hall–Kier alpha value is -2.00. The van der Waals surface area contributed by atoms with Crippen LogP contribution in [0.5, 0.6) is 0 Å². The van der Waals surface area contributed by atoms with Crippen molar-refractivity contribution in [1.29, 1.82) is 0 Å². The van der Waals surface area contributed by atoms with Crippen molar-refractivity contribution in [3.8, 4) is 0 Å². The number of benzene rings is 1. The minimum atomic E-state index is -2.86. The summed E-state index contributed by atoms with van der Waals surface area (Å²) in [5.41, 5.74) is -1.32. The largest absolute Gasteiger partial charge is 0.384 e. The zero-order valence-electron chi connectivity index (χ0n) is 15.1. The summed E-state index contributed by atoms with van der Waals surface area (Å²) >= 11 is 0. The lowest BCUT2D eigenvalue weighted by molar-refractivity contribution is -0.152. The summed E-state index contributed by atoms with van der Waals surface area (Å²) in [5, 5.41) is 16.9. The molecule has 4 rings (SSSR count). The highest BCUT2D eigenvalue weighted by Crippen LogP contribution is 2.49. The summed E-state index contributed by atoms with van der Waals surface area (Å²) in [6, 6.07) is 2.87. The van der Waals surface area contributed by atoms with E-state index >= 15 is 0 Å². The normalized spacial score (nSPS) is 26.0. The summed E-state index contributed by atoms with van der Waals surface area (Å²) in [5.74, 6) is -0.0456. The second kappa shape index (κ2) is 7.44. The molecule has 1 aromatic carbocycles. The number of nitrogens with zero attached hydrogens (tertiary/aromatic N) is 2. The maximum atomic E-state index is 13.3. The molecule has 0 radical (unpaired) electrons. The van der Waals surface area contributed by atoms with Crippen LogP contribution in [-0.4, -0.2) is 46.2 Å². The Bertz CT molecular complexity index is 851. The van der Waals surface area contributed by atoms with Gasteiger partial charge in [-0.3, -0.25) is 0 Å². The average Bonchev–Trinajstić information content (AvgIpc) is 2.65.